The summed E-state index contributed by atoms with van der Waals surface area (Å²) in [4.78, 5) is 3.84. The van der Waals surface area contributed by atoms with Crippen molar-refractivity contribution in [3.8, 4) is 5.88 Å². The molecule has 0 fully saturated rings. The van der Waals surface area contributed by atoms with Crippen LogP contribution in [0.1, 0.15) is 0 Å². The Bertz CT molecular complexity index is 206. The second-order valence-corrected chi connectivity index (χ2v) is 2.10. The monoisotopic (exact) mass is 189 g/mol. The fourth-order valence-corrected chi connectivity index (χ4v) is 0.595. The van der Waals surface area contributed by atoms with Gasteiger partial charge in [0.25, 0.3) is 0 Å². The van der Waals surface area contributed by atoms with Gasteiger partial charge in [-0.05, 0) is 6.07 Å². The standard InChI is InChI=1S/C6H6ClNO.BH3O2/c1-9-6-3-2-5(7)4-8-6;2-1-3/h2-4H,1H3;1-3H. The number of rotatable bonds is 1. The van der Waals surface area contributed by atoms with Gasteiger partial charge in [-0.3, -0.25) is 0 Å². The summed E-state index contributed by atoms with van der Waals surface area (Å²) in [7, 11) is 0.816. The summed E-state index contributed by atoms with van der Waals surface area (Å²) in [6, 6.07) is 3.44. The van der Waals surface area contributed by atoms with Crippen molar-refractivity contribution < 1.29 is 14.8 Å². The summed E-state index contributed by atoms with van der Waals surface area (Å²) < 4.78 is 4.80. The van der Waals surface area contributed by atoms with Crippen LogP contribution in [0.5, 0.6) is 5.88 Å². The van der Waals surface area contributed by atoms with Crippen LogP contribution in [0.15, 0.2) is 18.3 Å². The third-order valence-corrected chi connectivity index (χ3v) is 1.13. The zero-order valence-electron chi connectivity index (χ0n) is 6.57. The molecule has 0 saturated heterocycles. The minimum Gasteiger partial charge on any atom is -0.481 e. The Morgan fingerprint density at radius 1 is 1.50 bits per heavy atom. The van der Waals surface area contributed by atoms with Crippen LogP contribution in [0.25, 0.3) is 0 Å². The molecule has 0 aliphatic heterocycles. The van der Waals surface area contributed by atoms with Gasteiger partial charge in [0.1, 0.15) is 0 Å². The second kappa shape index (κ2) is 6.91. The summed E-state index contributed by atoms with van der Waals surface area (Å²) in [5.74, 6) is 0.583. The predicted molar refractivity (Wildman–Crippen MR) is 47.4 cm³/mol. The Balaban J connectivity index is 0.000000354. The molecule has 66 valence electrons. The van der Waals surface area contributed by atoms with Crippen LogP contribution in [0.3, 0.4) is 0 Å². The molecular formula is C6H9BClNO3. The van der Waals surface area contributed by atoms with E-state index in [2.05, 4.69) is 4.98 Å². The van der Waals surface area contributed by atoms with Crippen LogP contribution in [0.2, 0.25) is 5.02 Å². The lowest BCUT2D eigenvalue weighted by atomic mass is 10.5. The molecule has 0 bridgehead atoms. The highest BCUT2D eigenvalue weighted by atomic mass is 35.5. The number of hydrogen-bond donors (Lipinski definition) is 2. The van der Waals surface area contributed by atoms with E-state index in [4.69, 9.17) is 26.4 Å². The second-order valence-electron chi connectivity index (χ2n) is 1.66. The lowest BCUT2D eigenvalue weighted by Gasteiger charge is -1.94. The van der Waals surface area contributed by atoms with Crippen molar-refractivity contribution in [2.45, 2.75) is 0 Å². The lowest BCUT2D eigenvalue weighted by Crippen LogP contribution is -1.84. The molecular weight excluding hydrogens is 180 g/mol. The van der Waals surface area contributed by atoms with E-state index in [1.165, 1.54) is 0 Å². The minimum atomic E-state index is -0.750. The summed E-state index contributed by atoms with van der Waals surface area (Å²) in [5.41, 5.74) is 0. The van der Waals surface area contributed by atoms with E-state index in [9.17, 15) is 0 Å². The van der Waals surface area contributed by atoms with E-state index >= 15 is 0 Å². The van der Waals surface area contributed by atoms with Crippen LogP contribution < -0.4 is 4.74 Å². The van der Waals surface area contributed by atoms with E-state index < -0.39 is 7.69 Å². The van der Waals surface area contributed by atoms with Gasteiger partial charge < -0.3 is 14.8 Å². The number of pyridine rings is 1. The molecule has 12 heavy (non-hydrogen) atoms. The van der Waals surface area contributed by atoms with Crippen molar-refractivity contribution in [2.24, 2.45) is 0 Å². The van der Waals surface area contributed by atoms with Gasteiger partial charge >= 0.3 is 7.69 Å². The molecule has 1 aromatic rings. The van der Waals surface area contributed by atoms with Crippen molar-refractivity contribution in [3.05, 3.63) is 23.4 Å². The highest BCUT2D eigenvalue weighted by Crippen LogP contribution is 2.09. The van der Waals surface area contributed by atoms with Crippen molar-refractivity contribution in [1.82, 2.24) is 4.98 Å². The molecule has 0 unspecified atom stereocenters. The maximum absolute atomic E-state index is 7.12. The highest BCUT2D eigenvalue weighted by Gasteiger charge is 1.88. The number of nitrogens with zero attached hydrogens (tertiary/aromatic N) is 1. The molecule has 4 nitrogen and oxygen atoms in total. The highest BCUT2D eigenvalue weighted by molar-refractivity contribution is 6.30. The van der Waals surface area contributed by atoms with Gasteiger partial charge in [-0.2, -0.15) is 0 Å². The molecule has 0 saturated carbocycles. The molecule has 1 aromatic heterocycles. The van der Waals surface area contributed by atoms with Gasteiger partial charge in [0.05, 0.1) is 12.1 Å². The van der Waals surface area contributed by atoms with Crippen LogP contribution in [0.4, 0.5) is 0 Å². The average Bonchev–Trinajstić information content (AvgIpc) is 2.07. The van der Waals surface area contributed by atoms with Crippen LogP contribution in [-0.2, 0) is 0 Å². The minimum absolute atomic E-state index is 0.583. The first-order valence-corrected chi connectivity index (χ1v) is 3.49. The first-order chi connectivity index (χ1) is 5.74. The number of halogens is 1. The Morgan fingerprint density at radius 3 is 2.42 bits per heavy atom. The predicted octanol–water partition coefficient (Wildman–Crippen LogP) is -0.0189. The quantitative estimate of drug-likeness (QED) is 0.610. The third kappa shape index (κ3) is 4.95. The molecule has 1 heterocycles. The Morgan fingerprint density at radius 2 is 2.08 bits per heavy atom. The zero-order chi connectivity index (χ0) is 9.40. The van der Waals surface area contributed by atoms with E-state index in [1.54, 1.807) is 25.4 Å². The van der Waals surface area contributed by atoms with Crippen molar-refractivity contribution in [2.75, 3.05) is 7.11 Å². The SMILES string of the molecule is COc1ccc(Cl)cn1.OBO. The van der Waals surface area contributed by atoms with Gasteiger partial charge in [-0.15, -0.1) is 0 Å². The van der Waals surface area contributed by atoms with Crippen molar-refractivity contribution in [1.29, 1.82) is 0 Å². The molecule has 0 spiro atoms. The summed E-state index contributed by atoms with van der Waals surface area (Å²) in [6.07, 6.45) is 1.54. The van der Waals surface area contributed by atoms with E-state index in [-0.39, 0.29) is 0 Å². The van der Waals surface area contributed by atoms with Gasteiger partial charge in [-0.25, -0.2) is 4.98 Å². The Kier molecular flexibility index (Phi) is 6.46. The molecule has 2 N–H and O–H groups in total. The van der Waals surface area contributed by atoms with Gasteiger partial charge in [0.2, 0.25) is 5.88 Å². The fraction of sp³-hybridized carbons (Fsp3) is 0.167. The Hall–Kier alpha value is -0.775. The van der Waals surface area contributed by atoms with Crippen LogP contribution in [-0.4, -0.2) is 29.8 Å². The van der Waals surface area contributed by atoms with Crippen molar-refractivity contribution >= 4 is 19.3 Å². The molecule has 0 amide bonds. The Labute approximate surface area is 76.1 Å². The number of aromatic nitrogens is 1. The molecule has 1 rings (SSSR count). The molecule has 0 atom stereocenters. The normalized spacial score (nSPS) is 8.00. The van der Waals surface area contributed by atoms with E-state index in [0.29, 0.717) is 10.9 Å². The topological polar surface area (TPSA) is 62.6 Å². The molecule has 0 aromatic carbocycles. The summed E-state index contributed by atoms with van der Waals surface area (Å²) >= 11 is 5.55. The first-order valence-electron chi connectivity index (χ1n) is 3.11. The van der Waals surface area contributed by atoms with Gasteiger partial charge in [-0.1, -0.05) is 11.6 Å². The third-order valence-electron chi connectivity index (χ3n) is 0.909. The van der Waals surface area contributed by atoms with Crippen LogP contribution >= 0.6 is 11.6 Å². The molecule has 0 radical (unpaired) electrons. The van der Waals surface area contributed by atoms with Gasteiger partial charge in [0, 0.05) is 12.3 Å². The molecule has 6 heteroatoms. The zero-order valence-corrected chi connectivity index (χ0v) is 7.32. The van der Waals surface area contributed by atoms with Gasteiger partial charge in [0.15, 0.2) is 0 Å². The number of hydrogen-bond acceptors (Lipinski definition) is 4. The van der Waals surface area contributed by atoms with Crippen molar-refractivity contribution in [3.63, 3.8) is 0 Å². The van der Waals surface area contributed by atoms with E-state index in [1.807, 2.05) is 0 Å². The number of methoxy groups -OCH3 is 1. The first kappa shape index (κ1) is 11.2. The average molecular weight is 189 g/mol. The fourth-order valence-electron chi connectivity index (χ4n) is 0.483. The summed E-state index contributed by atoms with van der Waals surface area (Å²) in [6.45, 7) is 0. The number of ether oxygens (including phenoxy) is 1. The lowest BCUT2D eigenvalue weighted by molar-refractivity contribution is 0.398. The summed E-state index contributed by atoms with van der Waals surface area (Å²) in [5, 5.41) is 14.9. The van der Waals surface area contributed by atoms with E-state index in [0.717, 1.165) is 0 Å². The largest absolute Gasteiger partial charge is 0.481 e. The maximum atomic E-state index is 7.12. The maximum Gasteiger partial charge on any atom is 0.432 e. The molecule has 0 aliphatic rings. The molecule has 0 aliphatic carbocycles. The smallest absolute Gasteiger partial charge is 0.432 e. The van der Waals surface area contributed by atoms with Crippen LogP contribution in [0, 0.1) is 0 Å².